The molecule has 0 unspecified atom stereocenters. The molecule has 0 aromatic rings. The molecule has 0 aliphatic heterocycles. The summed E-state index contributed by atoms with van der Waals surface area (Å²) in [6.07, 6.45) is 4.60. The molecule has 2 aliphatic rings. The van der Waals surface area contributed by atoms with Gasteiger partial charge in [0.15, 0.2) is 0 Å². The van der Waals surface area contributed by atoms with Crippen molar-refractivity contribution in [3.8, 4) is 0 Å². The number of hydrogen-bond acceptors (Lipinski definition) is 3. The van der Waals surface area contributed by atoms with Gasteiger partial charge in [-0.25, -0.2) is 0 Å². The third-order valence-electron chi connectivity index (χ3n) is 3.46. The Hall–Kier alpha value is -1.36. The summed E-state index contributed by atoms with van der Waals surface area (Å²) in [4.78, 5) is 22.9. The van der Waals surface area contributed by atoms with E-state index in [2.05, 4.69) is 5.32 Å². The zero-order chi connectivity index (χ0) is 11.7. The van der Waals surface area contributed by atoms with Gasteiger partial charge in [0.05, 0.1) is 18.4 Å². The highest BCUT2D eigenvalue weighted by Gasteiger charge is 2.51. The molecule has 5 nitrogen and oxygen atoms in total. The Balaban J connectivity index is 2.10. The predicted octanol–water partition coefficient (Wildman–Crippen LogP) is -0.382. The number of aliphatic hydroxyl groups is 1. The number of carboxylic acids is 1. The SMILES string of the molecule is O=C(O)[C@H]1[C@H](C(=O)NCCO)[C@H]2C=C[C@H]1C2. The van der Waals surface area contributed by atoms with Crippen LogP contribution in [0.1, 0.15) is 6.42 Å². The summed E-state index contributed by atoms with van der Waals surface area (Å²) in [7, 11) is 0. The number of carbonyl (C=O) groups is 2. The van der Waals surface area contributed by atoms with Crippen LogP contribution in [0.25, 0.3) is 0 Å². The number of aliphatic hydroxyl groups excluding tert-OH is 1. The van der Waals surface area contributed by atoms with Crippen LogP contribution in [-0.4, -0.2) is 35.2 Å². The first-order valence-corrected chi connectivity index (χ1v) is 5.45. The van der Waals surface area contributed by atoms with E-state index in [1.165, 1.54) is 0 Å². The summed E-state index contributed by atoms with van der Waals surface area (Å²) in [5.41, 5.74) is 0. The van der Waals surface area contributed by atoms with E-state index in [-0.39, 0.29) is 30.9 Å². The van der Waals surface area contributed by atoms with Gasteiger partial charge in [0, 0.05) is 6.54 Å². The van der Waals surface area contributed by atoms with Crippen LogP contribution in [0, 0.1) is 23.7 Å². The molecule has 2 rings (SSSR count). The highest BCUT2D eigenvalue weighted by atomic mass is 16.4. The molecule has 16 heavy (non-hydrogen) atoms. The predicted molar refractivity (Wildman–Crippen MR) is 55.4 cm³/mol. The molecule has 1 amide bonds. The minimum absolute atomic E-state index is 0.00706. The summed E-state index contributed by atoms with van der Waals surface area (Å²) in [5.74, 6) is -2.19. The van der Waals surface area contributed by atoms with Crippen LogP contribution in [0.3, 0.4) is 0 Å². The number of carbonyl (C=O) groups excluding carboxylic acids is 1. The van der Waals surface area contributed by atoms with Crippen LogP contribution in [0.2, 0.25) is 0 Å². The Morgan fingerprint density at radius 3 is 2.44 bits per heavy atom. The van der Waals surface area contributed by atoms with Crippen LogP contribution in [0.15, 0.2) is 12.2 Å². The smallest absolute Gasteiger partial charge is 0.307 e. The van der Waals surface area contributed by atoms with Gasteiger partial charge < -0.3 is 15.5 Å². The van der Waals surface area contributed by atoms with E-state index < -0.39 is 17.8 Å². The zero-order valence-corrected chi connectivity index (χ0v) is 8.80. The molecule has 88 valence electrons. The lowest BCUT2D eigenvalue weighted by Gasteiger charge is -2.23. The van der Waals surface area contributed by atoms with Crippen molar-refractivity contribution in [2.45, 2.75) is 6.42 Å². The number of fused-ring (bicyclic) bond motifs is 2. The molecular formula is C11H15NO4. The minimum atomic E-state index is -0.902. The van der Waals surface area contributed by atoms with Crippen molar-refractivity contribution in [2.75, 3.05) is 13.2 Å². The number of carboxylic acid groups (broad SMARTS) is 1. The van der Waals surface area contributed by atoms with Gasteiger partial charge in [-0.15, -0.1) is 0 Å². The van der Waals surface area contributed by atoms with Crippen LogP contribution in [0.5, 0.6) is 0 Å². The summed E-state index contributed by atoms with van der Waals surface area (Å²) in [6, 6.07) is 0. The largest absolute Gasteiger partial charge is 0.481 e. The van der Waals surface area contributed by atoms with Gasteiger partial charge in [-0.3, -0.25) is 9.59 Å². The minimum Gasteiger partial charge on any atom is -0.481 e. The third kappa shape index (κ3) is 1.71. The van der Waals surface area contributed by atoms with Crippen LogP contribution >= 0.6 is 0 Å². The molecule has 0 saturated heterocycles. The fourth-order valence-corrected chi connectivity index (χ4v) is 2.81. The van der Waals surface area contributed by atoms with Crippen molar-refractivity contribution in [1.82, 2.24) is 5.32 Å². The molecule has 2 aliphatic carbocycles. The quantitative estimate of drug-likeness (QED) is 0.569. The van der Waals surface area contributed by atoms with Crippen LogP contribution in [0.4, 0.5) is 0 Å². The second-order valence-electron chi connectivity index (χ2n) is 4.35. The van der Waals surface area contributed by atoms with Gasteiger partial charge in [-0.2, -0.15) is 0 Å². The van der Waals surface area contributed by atoms with Crippen molar-refractivity contribution >= 4 is 11.9 Å². The molecule has 0 spiro atoms. The van der Waals surface area contributed by atoms with Gasteiger partial charge in [0.25, 0.3) is 0 Å². The first-order chi connectivity index (χ1) is 7.65. The van der Waals surface area contributed by atoms with Crippen molar-refractivity contribution in [3.63, 3.8) is 0 Å². The topological polar surface area (TPSA) is 86.6 Å². The number of hydrogen-bond donors (Lipinski definition) is 3. The van der Waals surface area contributed by atoms with Gasteiger partial charge >= 0.3 is 5.97 Å². The Labute approximate surface area is 93.1 Å². The first kappa shape index (κ1) is 11.1. The molecule has 1 fully saturated rings. The fourth-order valence-electron chi connectivity index (χ4n) is 2.81. The summed E-state index contributed by atoms with van der Waals surface area (Å²) >= 11 is 0. The molecular weight excluding hydrogens is 210 g/mol. The average molecular weight is 225 g/mol. The van der Waals surface area contributed by atoms with E-state index >= 15 is 0 Å². The standard InChI is InChI=1S/C11H15NO4/c13-4-3-12-10(14)8-6-1-2-7(5-6)9(8)11(15)16/h1-2,6-9,13H,3-5H2,(H,12,14)(H,15,16)/t6-,7-,8+,9+/m0/s1. The van der Waals surface area contributed by atoms with Crippen molar-refractivity contribution in [3.05, 3.63) is 12.2 Å². The lowest BCUT2D eigenvalue weighted by molar-refractivity contribution is -0.147. The maximum Gasteiger partial charge on any atom is 0.307 e. The van der Waals surface area contributed by atoms with E-state index in [0.29, 0.717) is 0 Å². The van der Waals surface area contributed by atoms with Crippen molar-refractivity contribution in [1.29, 1.82) is 0 Å². The normalized spacial score (nSPS) is 35.3. The monoisotopic (exact) mass is 225 g/mol. The fraction of sp³-hybridized carbons (Fsp3) is 0.636. The second-order valence-corrected chi connectivity index (χ2v) is 4.35. The third-order valence-corrected chi connectivity index (χ3v) is 3.46. The first-order valence-electron chi connectivity index (χ1n) is 5.45. The van der Waals surface area contributed by atoms with E-state index in [1.807, 2.05) is 12.2 Å². The maximum atomic E-state index is 11.8. The highest BCUT2D eigenvalue weighted by Crippen LogP contribution is 2.48. The van der Waals surface area contributed by atoms with Gasteiger partial charge in [0.1, 0.15) is 0 Å². The molecule has 2 bridgehead atoms. The van der Waals surface area contributed by atoms with E-state index in [0.717, 1.165) is 6.42 Å². The molecule has 3 N–H and O–H groups in total. The second kappa shape index (κ2) is 4.25. The van der Waals surface area contributed by atoms with Gasteiger partial charge in [0.2, 0.25) is 5.91 Å². The molecule has 5 heteroatoms. The lowest BCUT2D eigenvalue weighted by Crippen LogP contribution is -2.41. The van der Waals surface area contributed by atoms with E-state index in [4.69, 9.17) is 10.2 Å². The molecule has 4 atom stereocenters. The number of allylic oxidation sites excluding steroid dienone is 2. The summed E-state index contributed by atoms with van der Waals surface area (Å²) < 4.78 is 0. The molecule has 0 aromatic heterocycles. The molecule has 0 radical (unpaired) electrons. The van der Waals surface area contributed by atoms with Crippen molar-refractivity contribution < 1.29 is 19.8 Å². The average Bonchev–Trinajstić information content (AvgIpc) is 2.84. The van der Waals surface area contributed by atoms with Gasteiger partial charge in [-0.1, -0.05) is 12.2 Å². The summed E-state index contributed by atoms with van der Waals surface area (Å²) in [6.45, 7) is 0.0584. The molecule has 1 saturated carbocycles. The Bertz CT molecular complexity index is 339. The van der Waals surface area contributed by atoms with E-state index in [1.54, 1.807) is 0 Å². The number of amides is 1. The Morgan fingerprint density at radius 1 is 1.25 bits per heavy atom. The summed E-state index contributed by atoms with van der Waals surface area (Å²) in [5, 5.41) is 20.3. The van der Waals surface area contributed by atoms with Crippen LogP contribution < -0.4 is 5.32 Å². The van der Waals surface area contributed by atoms with E-state index in [9.17, 15) is 9.59 Å². The Morgan fingerprint density at radius 2 is 1.88 bits per heavy atom. The number of aliphatic carboxylic acids is 1. The van der Waals surface area contributed by atoms with Gasteiger partial charge in [-0.05, 0) is 18.3 Å². The van der Waals surface area contributed by atoms with Crippen LogP contribution in [-0.2, 0) is 9.59 Å². The number of rotatable bonds is 4. The zero-order valence-electron chi connectivity index (χ0n) is 8.80. The van der Waals surface area contributed by atoms with Crippen molar-refractivity contribution in [2.24, 2.45) is 23.7 Å². The molecule has 0 aromatic carbocycles. The Kier molecular flexibility index (Phi) is 2.96. The maximum absolute atomic E-state index is 11.8. The molecule has 0 heterocycles. The highest BCUT2D eigenvalue weighted by molar-refractivity contribution is 5.86. The number of nitrogens with one attached hydrogen (secondary N) is 1. The lowest BCUT2D eigenvalue weighted by atomic mass is 9.82.